The zero-order chi connectivity index (χ0) is 14.1. The van der Waals surface area contributed by atoms with Gasteiger partial charge in [-0.05, 0) is 36.9 Å². The Morgan fingerprint density at radius 2 is 2.15 bits per heavy atom. The highest BCUT2D eigenvalue weighted by atomic mass is 32.2. The minimum absolute atomic E-state index is 0.627. The molecule has 0 bridgehead atoms. The van der Waals surface area contributed by atoms with Crippen LogP contribution in [0.25, 0.3) is 21.8 Å². The average Bonchev–Trinajstić information content (AvgIpc) is 2.47. The summed E-state index contributed by atoms with van der Waals surface area (Å²) in [7, 11) is 0. The number of fused-ring (bicyclic) bond motifs is 3. The zero-order valence-electron chi connectivity index (χ0n) is 11.2. The van der Waals surface area contributed by atoms with Crippen molar-refractivity contribution in [2.75, 3.05) is 6.26 Å². The molecule has 1 aromatic carbocycles. The molecule has 2 aromatic heterocycles. The Morgan fingerprint density at radius 1 is 1.30 bits per heavy atom. The summed E-state index contributed by atoms with van der Waals surface area (Å²) in [4.78, 5) is 10.1. The normalized spacial score (nSPS) is 11.7. The second kappa shape index (κ2) is 5.09. The van der Waals surface area contributed by atoms with E-state index in [1.165, 1.54) is 11.8 Å². The van der Waals surface area contributed by atoms with Gasteiger partial charge in [-0.15, -0.1) is 11.8 Å². The molecule has 0 spiro atoms. The first-order valence-electron chi connectivity index (χ1n) is 6.15. The van der Waals surface area contributed by atoms with Gasteiger partial charge in [0.2, 0.25) is 0 Å². The maximum Gasteiger partial charge on any atom is 0.0986 e. The van der Waals surface area contributed by atoms with E-state index < -0.39 is 0 Å². The molecule has 1 N–H and O–H groups in total. The highest BCUT2D eigenvalue weighted by molar-refractivity contribution is 7.98. The zero-order valence-corrected chi connectivity index (χ0v) is 12.0. The van der Waals surface area contributed by atoms with Crippen LogP contribution in [0.2, 0.25) is 0 Å². The lowest BCUT2D eigenvalue weighted by Crippen LogP contribution is -1.95. The number of pyridine rings is 2. The third-order valence-electron chi connectivity index (χ3n) is 3.24. The third kappa shape index (κ3) is 2.00. The quantitative estimate of drug-likeness (QED) is 0.256. The van der Waals surface area contributed by atoms with Gasteiger partial charge in [0.25, 0.3) is 0 Å². The Balaban J connectivity index is 2.52. The lowest BCUT2D eigenvalue weighted by atomic mass is 10.0. The molecule has 0 saturated carbocycles. The molecule has 0 amide bonds. The van der Waals surface area contributed by atoms with Crippen LogP contribution in [0.1, 0.15) is 11.3 Å². The number of hydrogen-bond acceptors (Lipinski definition) is 5. The number of oxime groups is 1. The molecule has 20 heavy (non-hydrogen) atoms. The number of benzene rings is 1. The monoisotopic (exact) mass is 283 g/mol. The van der Waals surface area contributed by atoms with Gasteiger partial charge in [-0.3, -0.25) is 4.98 Å². The maximum atomic E-state index is 8.73. The number of aromatic nitrogens is 2. The Morgan fingerprint density at radius 3 is 2.90 bits per heavy atom. The van der Waals surface area contributed by atoms with Gasteiger partial charge in [-0.1, -0.05) is 11.2 Å². The first kappa shape index (κ1) is 12.9. The maximum absolute atomic E-state index is 8.73. The molecule has 0 radical (unpaired) electrons. The first-order chi connectivity index (χ1) is 9.74. The van der Waals surface area contributed by atoms with Crippen molar-refractivity contribution in [2.24, 2.45) is 5.16 Å². The molecule has 4 nitrogen and oxygen atoms in total. The fourth-order valence-electron chi connectivity index (χ4n) is 2.42. The van der Waals surface area contributed by atoms with Crippen molar-refractivity contribution in [3.05, 3.63) is 41.7 Å². The number of rotatable bonds is 2. The van der Waals surface area contributed by atoms with Crippen molar-refractivity contribution < 1.29 is 5.21 Å². The molecule has 0 atom stereocenters. The largest absolute Gasteiger partial charge is 0.411 e. The molecule has 3 rings (SSSR count). The summed E-state index contributed by atoms with van der Waals surface area (Å²) in [6.45, 7) is 2.08. The van der Waals surface area contributed by atoms with Gasteiger partial charge < -0.3 is 5.21 Å². The summed E-state index contributed by atoms with van der Waals surface area (Å²) in [5.74, 6) is 0. The third-order valence-corrected chi connectivity index (χ3v) is 4.00. The summed E-state index contributed by atoms with van der Waals surface area (Å²) in [6.07, 6.45) is 5.14. The molecule has 0 saturated heterocycles. The van der Waals surface area contributed by atoms with Crippen molar-refractivity contribution in [3.63, 3.8) is 0 Å². The van der Waals surface area contributed by atoms with Crippen LogP contribution in [0.4, 0.5) is 0 Å². The predicted molar refractivity (Wildman–Crippen MR) is 82.9 cm³/mol. The number of nitrogens with zero attached hydrogens (tertiary/aromatic N) is 3. The van der Waals surface area contributed by atoms with Crippen LogP contribution < -0.4 is 0 Å². The number of hydrogen-bond donors (Lipinski definition) is 1. The molecular weight excluding hydrogens is 270 g/mol. The second-order valence-electron chi connectivity index (χ2n) is 4.49. The highest BCUT2D eigenvalue weighted by Gasteiger charge is 2.11. The second-order valence-corrected chi connectivity index (χ2v) is 5.33. The minimum atomic E-state index is 0.627. The van der Waals surface area contributed by atoms with Crippen LogP contribution in [0.5, 0.6) is 0 Å². The van der Waals surface area contributed by atoms with Crippen molar-refractivity contribution in [1.29, 1.82) is 0 Å². The van der Waals surface area contributed by atoms with Crippen LogP contribution in [-0.2, 0) is 0 Å². The molecule has 2 heterocycles. The summed E-state index contributed by atoms with van der Waals surface area (Å²) >= 11 is 1.65. The average molecular weight is 283 g/mol. The molecule has 0 aliphatic rings. The molecule has 3 aromatic rings. The smallest absolute Gasteiger partial charge is 0.0986 e. The van der Waals surface area contributed by atoms with Crippen molar-refractivity contribution >= 4 is 39.8 Å². The SMILES string of the molecule is CSc1cc(/C=N/O)nc2c1c(C)cc1cccnc12. The van der Waals surface area contributed by atoms with E-state index in [1.807, 2.05) is 24.5 Å². The fourth-order valence-corrected chi connectivity index (χ4v) is 3.12. The van der Waals surface area contributed by atoms with Gasteiger partial charge in [-0.2, -0.15) is 0 Å². The van der Waals surface area contributed by atoms with Crippen LogP contribution in [-0.4, -0.2) is 27.6 Å². The lowest BCUT2D eigenvalue weighted by molar-refractivity contribution is 0.321. The van der Waals surface area contributed by atoms with Crippen molar-refractivity contribution in [2.45, 2.75) is 11.8 Å². The Hall–Kier alpha value is -2.14. The predicted octanol–water partition coefficient (Wildman–Crippen LogP) is 3.62. The van der Waals surface area contributed by atoms with E-state index in [-0.39, 0.29) is 0 Å². The van der Waals surface area contributed by atoms with Gasteiger partial charge in [0.1, 0.15) is 0 Å². The Bertz CT molecular complexity index is 830. The van der Waals surface area contributed by atoms with Gasteiger partial charge in [0.15, 0.2) is 0 Å². The standard InChI is InChI=1S/C15H13N3OS/c1-9-6-10-4-3-5-16-14(10)15-13(9)12(20-2)7-11(18-15)8-17-19/h3-8,19H,1-2H3/b17-8+. The van der Waals surface area contributed by atoms with Gasteiger partial charge in [0.05, 0.1) is 22.9 Å². The van der Waals surface area contributed by atoms with Gasteiger partial charge in [-0.25, -0.2) is 4.98 Å². The van der Waals surface area contributed by atoms with Crippen LogP contribution in [0.3, 0.4) is 0 Å². The summed E-state index contributed by atoms with van der Waals surface area (Å²) in [6, 6.07) is 8.00. The molecular formula is C15H13N3OS. The molecule has 5 heteroatoms. The summed E-state index contributed by atoms with van der Waals surface area (Å²) in [5, 5.41) is 14.0. The Labute approximate surface area is 120 Å². The molecule has 0 fully saturated rings. The van der Waals surface area contributed by atoms with Crippen LogP contribution >= 0.6 is 11.8 Å². The van der Waals surface area contributed by atoms with E-state index in [1.54, 1.807) is 18.0 Å². The van der Waals surface area contributed by atoms with Gasteiger partial charge in [0, 0.05) is 21.9 Å². The van der Waals surface area contributed by atoms with Crippen LogP contribution in [0.15, 0.2) is 40.5 Å². The van der Waals surface area contributed by atoms with E-state index in [4.69, 9.17) is 5.21 Å². The van der Waals surface area contributed by atoms with E-state index >= 15 is 0 Å². The molecule has 0 aliphatic carbocycles. The topological polar surface area (TPSA) is 58.4 Å². The lowest BCUT2D eigenvalue weighted by Gasteiger charge is -2.10. The Kier molecular flexibility index (Phi) is 3.28. The van der Waals surface area contributed by atoms with E-state index in [2.05, 4.69) is 28.1 Å². The van der Waals surface area contributed by atoms with Crippen molar-refractivity contribution in [3.8, 4) is 0 Å². The van der Waals surface area contributed by atoms with Crippen LogP contribution in [0, 0.1) is 6.92 Å². The summed E-state index contributed by atoms with van der Waals surface area (Å²) in [5.41, 5.74) is 3.52. The van der Waals surface area contributed by atoms with E-state index in [0.29, 0.717) is 5.69 Å². The molecule has 0 aliphatic heterocycles. The van der Waals surface area contributed by atoms with Gasteiger partial charge >= 0.3 is 0 Å². The minimum Gasteiger partial charge on any atom is -0.411 e. The number of thioether (sulfide) groups is 1. The van der Waals surface area contributed by atoms with E-state index in [0.717, 1.165) is 26.7 Å². The highest BCUT2D eigenvalue weighted by Crippen LogP contribution is 2.32. The summed E-state index contributed by atoms with van der Waals surface area (Å²) < 4.78 is 0. The van der Waals surface area contributed by atoms with Crippen molar-refractivity contribution in [1.82, 2.24) is 9.97 Å². The first-order valence-corrected chi connectivity index (χ1v) is 7.37. The molecule has 0 unspecified atom stereocenters. The molecule has 100 valence electrons. The fraction of sp³-hybridized carbons (Fsp3) is 0.133. The number of aryl methyl sites for hydroxylation is 1. The van der Waals surface area contributed by atoms with E-state index in [9.17, 15) is 0 Å².